The van der Waals surface area contributed by atoms with Crippen molar-refractivity contribution in [3.05, 3.63) is 54.4 Å². The SMILES string of the molecule is O=Cc1cccn1-c1ccccc1.O=P(Cl)(Cl)Cl. The lowest BCUT2D eigenvalue weighted by molar-refractivity contribution is 0.111. The average Bonchev–Trinajstić information content (AvgIpc) is 2.76. The molecular formula is C11H9Cl3NO2P. The van der Waals surface area contributed by atoms with E-state index in [0.717, 1.165) is 12.0 Å². The van der Waals surface area contributed by atoms with Gasteiger partial charge in [-0.25, -0.2) is 0 Å². The van der Waals surface area contributed by atoms with Crippen LogP contribution in [0.3, 0.4) is 0 Å². The van der Waals surface area contributed by atoms with E-state index in [-0.39, 0.29) is 0 Å². The molecule has 0 N–H and O–H groups in total. The Hall–Kier alpha value is -0.730. The number of halogens is 3. The molecule has 1 aromatic carbocycles. The van der Waals surface area contributed by atoms with Crippen molar-refractivity contribution >= 4 is 45.2 Å². The topological polar surface area (TPSA) is 39.1 Å². The molecule has 1 heterocycles. The largest absolute Gasteiger partial charge is 0.339 e. The van der Waals surface area contributed by atoms with Crippen LogP contribution in [0.5, 0.6) is 0 Å². The lowest BCUT2D eigenvalue weighted by Crippen LogP contribution is -1.96. The molecule has 0 aliphatic heterocycles. The summed E-state index contributed by atoms with van der Waals surface area (Å²) in [5.74, 6) is 0. The molecule has 0 atom stereocenters. The van der Waals surface area contributed by atoms with Gasteiger partial charge in [0.2, 0.25) is 0 Å². The molecule has 0 aliphatic rings. The highest BCUT2D eigenvalue weighted by Gasteiger charge is 2.03. The van der Waals surface area contributed by atoms with Gasteiger partial charge in [-0.2, -0.15) is 0 Å². The Labute approximate surface area is 119 Å². The van der Waals surface area contributed by atoms with E-state index >= 15 is 0 Å². The summed E-state index contributed by atoms with van der Waals surface area (Å²) in [5, 5.41) is -3.22. The number of aromatic nitrogens is 1. The average molecular weight is 325 g/mol. The van der Waals surface area contributed by atoms with Gasteiger partial charge in [-0.05, 0) is 58.0 Å². The van der Waals surface area contributed by atoms with Crippen molar-refractivity contribution in [2.75, 3.05) is 0 Å². The Morgan fingerprint density at radius 3 is 2.06 bits per heavy atom. The molecule has 0 saturated heterocycles. The van der Waals surface area contributed by atoms with E-state index in [4.69, 9.17) is 0 Å². The standard InChI is InChI=1S/C11H9NO.Cl3OP/c13-9-11-7-4-8-12(11)10-5-2-1-3-6-10;1-5(2,3)4/h1-9H;. The van der Waals surface area contributed by atoms with E-state index in [1.54, 1.807) is 6.07 Å². The van der Waals surface area contributed by atoms with Crippen LogP contribution in [-0.2, 0) is 4.57 Å². The molecule has 2 aromatic rings. The quantitative estimate of drug-likeness (QED) is 0.569. The first-order valence-corrected chi connectivity index (χ1v) is 9.21. The van der Waals surface area contributed by atoms with Gasteiger partial charge in [0.1, 0.15) is 0 Å². The Kier molecular flexibility index (Phi) is 5.97. The Morgan fingerprint density at radius 2 is 1.56 bits per heavy atom. The molecule has 0 saturated carbocycles. The molecule has 0 spiro atoms. The molecule has 3 nitrogen and oxygen atoms in total. The van der Waals surface area contributed by atoms with Gasteiger partial charge in [-0.1, -0.05) is 18.2 Å². The second-order valence-electron chi connectivity index (χ2n) is 3.16. The minimum absolute atomic E-state index is 0.672. The van der Waals surface area contributed by atoms with Gasteiger partial charge in [-0.15, -0.1) is 0 Å². The summed E-state index contributed by atoms with van der Waals surface area (Å²) in [5.41, 5.74) is 1.68. The Balaban J connectivity index is 0.000000280. The van der Waals surface area contributed by atoms with E-state index in [1.165, 1.54) is 0 Å². The van der Waals surface area contributed by atoms with Crippen LogP contribution < -0.4 is 0 Å². The van der Waals surface area contributed by atoms with Gasteiger partial charge >= 0.3 is 5.20 Å². The number of nitrogens with zero attached hydrogens (tertiary/aromatic N) is 1. The molecule has 2 rings (SSSR count). The lowest BCUT2D eigenvalue weighted by Gasteiger charge is -2.03. The third kappa shape index (κ3) is 5.74. The fraction of sp³-hybridized carbons (Fsp3) is 0. The first-order valence-electron chi connectivity index (χ1n) is 4.79. The van der Waals surface area contributed by atoms with Crippen molar-refractivity contribution in [1.82, 2.24) is 4.57 Å². The van der Waals surface area contributed by atoms with E-state index < -0.39 is 5.20 Å². The molecule has 0 unspecified atom stereocenters. The van der Waals surface area contributed by atoms with Crippen LogP contribution in [0.25, 0.3) is 5.69 Å². The number of aldehydes is 1. The van der Waals surface area contributed by atoms with Crippen molar-refractivity contribution in [1.29, 1.82) is 0 Å². The summed E-state index contributed by atoms with van der Waals surface area (Å²) in [6.07, 6.45) is 2.73. The number of rotatable bonds is 2. The van der Waals surface area contributed by atoms with Crippen LogP contribution >= 0.6 is 38.9 Å². The zero-order valence-electron chi connectivity index (χ0n) is 9.04. The first kappa shape index (κ1) is 15.3. The minimum Gasteiger partial charge on any atom is -0.314 e. The predicted molar refractivity (Wildman–Crippen MR) is 76.3 cm³/mol. The predicted octanol–water partition coefficient (Wildman–Crippen LogP) is 5.10. The van der Waals surface area contributed by atoms with Crippen molar-refractivity contribution in [3.63, 3.8) is 0 Å². The summed E-state index contributed by atoms with van der Waals surface area (Å²) in [6, 6.07) is 13.4. The van der Waals surface area contributed by atoms with Gasteiger partial charge in [0, 0.05) is 11.9 Å². The molecular weight excluding hydrogens is 315 g/mol. The van der Waals surface area contributed by atoms with Gasteiger partial charge < -0.3 is 4.57 Å². The molecule has 96 valence electrons. The second-order valence-corrected chi connectivity index (χ2v) is 9.79. The fourth-order valence-corrected chi connectivity index (χ4v) is 1.31. The molecule has 18 heavy (non-hydrogen) atoms. The van der Waals surface area contributed by atoms with Crippen molar-refractivity contribution in [2.24, 2.45) is 0 Å². The smallest absolute Gasteiger partial charge is 0.314 e. The van der Waals surface area contributed by atoms with Crippen molar-refractivity contribution < 1.29 is 9.36 Å². The summed E-state index contributed by atoms with van der Waals surface area (Å²) < 4.78 is 11.4. The molecule has 0 aliphatic carbocycles. The summed E-state index contributed by atoms with van der Waals surface area (Å²) >= 11 is 13.8. The monoisotopic (exact) mass is 323 g/mol. The van der Waals surface area contributed by atoms with Crippen LogP contribution in [0, 0.1) is 0 Å². The van der Waals surface area contributed by atoms with E-state index in [0.29, 0.717) is 5.69 Å². The normalized spacial score (nSPS) is 10.4. The number of hydrogen-bond donors (Lipinski definition) is 0. The highest BCUT2D eigenvalue weighted by molar-refractivity contribution is 8.24. The number of para-hydroxylation sites is 1. The van der Waals surface area contributed by atoms with Gasteiger partial charge in [0.05, 0.1) is 5.69 Å². The number of carbonyl (C=O) groups is 1. The van der Waals surface area contributed by atoms with Gasteiger partial charge in [0.15, 0.2) is 6.29 Å². The Bertz CT molecular complexity index is 542. The van der Waals surface area contributed by atoms with E-state index in [9.17, 15) is 9.36 Å². The summed E-state index contributed by atoms with van der Waals surface area (Å²) in [4.78, 5) is 10.6. The molecule has 7 heteroatoms. The minimum atomic E-state index is -3.22. The number of hydrogen-bond acceptors (Lipinski definition) is 2. The zero-order valence-corrected chi connectivity index (χ0v) is 12.2. The maximum atomic E-state index is 10.6. The van der Waals surface area contributed by atoms with E-state index in [1.807, 2.05) is 47.2 Å². The lowest BCUT2D eigenvalue weighted by atomic mass is 10.3. The maximum Gasteiger partial charge on any atom is 0.339 e. The van der Waals surface area contributed by atoms with Gasteiger partial charge in [-0.3, -0.25) is 9.36 Å². The second kappa shape index (κ2) is 7.01. The Morgan fingerprint density at radius 1 is 1.00 bits per heavy atom. The van der Waals surface area contributed by atoms with Crippen LogP contribution in [0.4, 0.5) is 0 Å². The first-order chi connectivity index (χ1) is 8.42. The molecule has 0 bridgehead atoms. The van der Waals surface area contributed by atoms with Crippen LogP contribution in [-0.4, -0.2) is 10.9 Å². The van der Waals surface area contributed by atoms with E-state index in [2.05, 4.69) is 33.7 Å². The van der Waals surface area contributed by atoms with Crippen molar-refractivity contribution in [2.45, 2.75) is 0 Å². The van der Waals surface area contributed by atoms with Crippen LogP contribution in [0.2, 0.25) is 0 Å². The molecule has 0 amide bonds. The molecule has 1 aromatic heterocycles. The van der Waals surface area contributed by atoms with Crippen LogP contribution in [0.1, 0.15) is 10.5 Å². The zero-order chi connectivity index (χ0) is 13.6. The molecule has 0 radical (unpaired) electrons. The maximum absolute atomic E-state index is 10.6. The number of carbonyl (C=O) groups excluding carboxylic acids is 1. The van der Waals surface area contributed by atoms with Gasteiger partial charge in [0.25, 0.3) is 0 Å². The highest BCUT2D eigenvalue weighted by Crippen LogP contribution is 2.61. The summed E-state index contributed by atoms with van der Waals surface area (Å²) in [6.45, 7) is 0. The molecule has 0 fully saturated rings. The number of benzene rings is 1. The van der Waals surface area contributed by atoms with Crippen LogP contribution in [0.15, 0.2) is 48.7 Å². The van der Waals surface area contributed by atoms with Crippen molar-refractivity contribution in [3.8, 4) is 5.69 Å². The third-order valence-corrected chi connectivity index (χ3v) is 1.94. The summed E-state index contributed by atoms with van der Waals surface area (Å²) in [7, 11) is 0. The third-order valence-electron chi connectivity index (χ3n) is 1.94. The highest BCUT2D eigenvalue weighted by atomic mass is 36.0. The fourth-order valence-electron chi connectivity index (χ4n) is 1.31.